The number of hydrogen-bond acceptors (Lipinski definition) is 3. The fourth-order valence-electron chi connectivity index (χ4n) is 1.79. The number of imidazole rings is 1. The third kappa shape index (κ3) is 3.44. The third-order valence-corrected chi connectivity index (χ3v) is 3.32. The molecule has 100 valence electrons. The smallest absolute Gasteiger partial charge is 0.163 e. The zero-order valence-corrected chi connectivity index (χ0v) is 12.5. The Morgan fingerprint density at radius 3 is 2.89 bits per heavy atom. The van der Waals surface area contributed by atoms with Crippen LogP contribution in [0.4, 0.5) is 0 Å². The molecule has 0 bridgehead atoms. The maximum Gasteiger partial charge on any atom is 0.163 e. The lowest BCUT2D eigenvalue weighted by atomic mass is 10.1. The molecule has 1 aromatic heterocycles. The van der Waals surface area contributed by atoms with Crippen molar-refractivity contribution in [3.8, 4) is 5.75 Å². The summed E-state index contributed by atoms with van der Waals surface area (Å²) in [6, 6.07) is 5.44. The van der Waals surface area contributed by atoms with Gasteiger partial charge in [-0.25, -0.2) is 4.98 Å². The lowest BCUT2D eigenvalue weighted by Gasteiger charge is -2.10. The number of carbonyl (C=O) groups is 1. The molecule has 19 heavy (non-hydrogen) atoms. The van der Waals surface area contributed by atoms with E-state index in [2.05, 4.69) is 20.9 Å². The van der Waals surface area contributed by atoms with E-state index in [4.69, 9.17) is 4.74 Å². The zero-order valence-electron chi connectivity index (χ0n) is 10.9. The number of Topliss-reactive ketones (excluding diaryl/α,β-unsaturated/α-hetero) is 1. The Bertz CT molecular complexity index is 593. The van der Waals surface area contributed by atoms with E-state index in [1.54, 1.807) is 18.3 Å². The molecule has 2 aromatic rings. The summed E-state index contributed by atoms with van der Waals surface area (Å²) in [6.07, 6.45) is 4.36. The van der Waals surface area contributed by atoms with Gasteiger partial charge in [0, 0.05) is 30.3 Å². The maximum atomic E-state index is 11.5. The molecule has 0 atom stereocenters. The van der Waals surface area contributed by atoms with Gasteiger partial charge < -0.3 is 9.30 Å². The number of ether oxygens (including phenoxy) is 1. The van der Waals surface area contributed by atoms with Crippen molar-refractivity contribution in [1.29, 1.82) is 0 Å². The minimum Gasteiger partial charge on any atom is -0.492 e. The second-order valence-electron chi connectivity index (χ2n) is 4.25. The van der Waals surface area contributed by atoms with Crippen molar-refractivity contribution >= 4 is 21.7 Å². The summed E-state index contributed by atoms with van der Waals surface area (Å²) in [7, 11) is 1.95. The van der Waals surface area contributed by atoms with Crippen LogP contribution in [0.25, 0.3) is 0 Å². The maximum absolute atomic E-state index is 11.5. The first-order valence-corrected chi connectivity index (χ1v) is 6.76. The number of benzene rings is 1. The number of ketones is 1. The Hall–Kier alpha value is -1.62. The fraction of sp³-hybridized carbons (Fsp3) is 0.286. The van der Waals surface area contributed by atoms with Gasteiger partial charge in [-0.3, -0.25) is 4.79 Å². The average molecular weight is 323 g/mol. The molecule has 0 spiro atoms. The first kappa shape index (κ1) is 13.8. The standard InChI is InChI=1S/C14H15BrN2O2/c1-10(18)12-9-11(15)3-4-13(12)19-8-5-14-16-6-7-17(14)2/h3-4,6-7,9H,5,8H2,1-2H3. The number of nitrogens with zero attached hydrogens (tertiary/aromatic N) is 2. The first-order chi connectivity index (χ1) is 9.08. The highest BCUT2D eigenvalue weighted by atomic mass is 79.9. The lowest BCUT2D eigenvalue weighted by Crippen LogP contribution is -2.08. The molecule has 0 aliphatic carbocycles. The molecule has 0 fully saturated rings. The Kier molecular flexibility index (Phi) is 4.37. The molecule has 1 aromatic carbocycles. The highest BCUT2D eigenvalue weighted by Gasteiger charge is 2.09. The number of aromatic nitrogens is 2. The number of rotatable bonds is 5. The summed E-state index contributed by atoms with van der Waals surface area (Å²) >= 11 is 3.35. The second kappa shape index (κ2) is 6.02. The van der Waals surface area contributed by atoms with Gasteiger partial charge in [0.15, 0.2) is 5.78 Å². The normalized spacial score (nSPS) is 10.5. The Morgan fingerprint density at radius 2 is 2.26 bits per heavy atom. The van der Waals surface area contributed by atoms with E-state index in [-0.39, 0.29) is 5.78 Å². The van der Waals surface area contributed by atoms with Gasteiger partial charge in [-0.15, -0.1) is 0 Å². The summed E-state index contributed by atoms with van der Waals surface area (Å²) in [5, 5.41) is 0. The van der Waals surface area contributed by atoms with Crippen LogP contribution >= 0.6 is 15.9 Å². The van der Waals surface area contributed by atoms with Crippen LogP contribution in [0.1, 0.15) is 23.1 Å². The highest BCUT2D eigenvalue weighted by molar-refractivity contribution is 9.10. The molecule has 0 aliphatic rings. The van der Waals surface area contributed by atoms with Crippen molar-refractivity contribution in [2.75, 3.05) is 6.61 Å². The van der Waals surface area contributed by atoms with Crippen molar-refractivity contribution in [2.45, 2.75) is 13.3 Å². The molecule has 0 radical (unpaired) electrons. The molecule has 1 heterocycles. The van der Waals surface area contributed by atoms with Crippen molar-refractivity contribution in [1.82, 2.24) is 9.55 Å². The Morgan fingerprint density at radius 1 is 1.47 bits per heavy atom. The van der Waals surface area contributed by atoms with Crippen LogP contribution in [0.5, 0.6) is 5.75 Å². The molecule has 0 amide bonds. The molecule has 5 heteroatoms. The minimum absolute atomic E-state index is 0.00621. The molecule has 4 nitrogen and oxygen atoms in total. The van der Waals surface area contributed by atoms with Gasteiger partial charge in [0.2, 0.25) is 0 Å². The van der Waals surface area contributed by atoms with Crippen molar-refractivity contribution < 1.29 is 9.53 Å². The molecule has 0 saturated heterocycles. The first-order valence-electron chi connectivity index (χ1n) is 5.97. The largest absolute Gasteiger partial charge is 0.492 e. The molecule has 0 aliphatic heterocycles. The summed E-state index contributed by atoms with van der Waals surface area (Å²) in [4.78, 5) is 15.8. The molecule has 0 N–H and O–H groups in total. The highest BCUT2D eigenvalue weighted by Crippen LogP contribution is 2.23. The van der Waals surface area contributed by atoms with Crippen LogP contribution in [0, 0.1) is 0 Å². The molecule has 0 unspecified atom stereocenters. The SMILES string of the molecule is CC(=O)c1cc(Br)ccc1OCCc1nccn1C. The van der Waals surface area contributed by atoms with Gasteiger partial charge in [-0.1, -0.05) is 15.9 Å². The number of halogens is 1. The Labute approximate surface area is 120 Å². The van der Waals surface area contributed by atoms with Gasteiger partial charge in [-0.05, 0) is 25.1 Å². The van der Waals surface area contributed by atoms with Gasteiger partial charge in [0.1, 0.15) is 11.6 Å². The van der Waals surface area contributed by atoms with Gasteiger partial charge in [0.05, 0.1) is 12.2 Å². The van der Waals surface area contributed by atoms with Gasteiger partial charge in [0.25, 0.3) is 0 Å². The van der Waals surface area contributed by atoms with Gasteiger partial charge >= 0.3 is 0 Å². The summed E-state index contributed by atoms with van der Waals surface area (Å²) in [5.74, 6) is 1.57. The quantitative estimate of drug-likeness (QED) is 0.795. The van der Waals surface area contributed by atoms with Crippen molar-refractivity contribution in [3.63, 3.8) is 0 Å². The van der Waals surface area contributed by atoms with E-state index in [0.29, 0.717) is 24.3 Å². The molecule has 0 saturated carbocycles. The van der Waals surface area contributed by atoms with E-state index < -0.39 is 0 Å². The van der Waals surface area contributed by atoms with Gasteiger partial charge in [-0.2, -0.15) is 0 Å². The van der Waals surface area contributed by atoms with E-state index >= 15 is 0 Å². The monoisotopic (exact) mass is 322 g/mol. The lowest BCUT2D eigenvalue weighted by molar-refractivity contribution is 0.101. The molecular weight excluding hydrogens is 308 g/mol. The van der Waals surface area contributed by atoms with Crippen LogP contribution < -0.4 is 4.74 Å². The van der Waals surface area contributed by atoms with Crippen molar-refractivity contribution in [2.24, 2.45) is 7.05 Å². The van der Waals surface area contributed by atoms with Crippen LogP contribution in [-0.2, 0) is 13.5 Å². The topological polar surface area (TPSA) is 44.1 Å². The zero-order chi connectivity index (χ0) is 13.8. The number of hydrogen-bond donors (Lipinski definition) is 0. The molecular formula is C14H15BrN2O2. The average Bonchev–Trinajstić information content (AvgIpc) is 2.77. The summed E-state index contributed by atoms with van der Waals surface area (Å²) in [5.41, 5.74) is 0.592. The fourth-order valence-corrected chi connectivity index (χ4v) is 2.15. The second-order valence-corrected chi connectivity index (χ2v) is 5.17. The molecule has 2 rings (SSSR count). The van der Waals surface area contributed by atoms with E-state index in [0.717, 1.165) is 10.3 Å². The minimum atomic E-state index is -0.00621. The predicted octanol–water partition coefficient (Wildman–Crippen LogP) is 3.01. The third-order valence-electron chi connectivity index (χ3n) is 2.83. The predicted molar refractivity (Wildman–Crippen MR) is 76.6 cm³/mol. The van der Waals surface area contributed by atoms with E-state index in [1.807, 2.05) is 23.9 Å². The van der Waals surface area contributed by atoms with Crippen LogP contribution in [0.2, 0.25) is 0 Å². The van der Waals surface area contributed by atoms with E-state index in [1.165, 1.54) is 6.92 Å². The number of aryl methyl sites for hydroxylation is 1. The van der Waals surface area contributed by atoms with Crippen molar-refractivity contribution in [3.05, 3.63) is 46.5 Å². The van der Waals surface area contributed by atoms with E-state index in [9.17, 15) is 4.79 Å². The Balaban J connectivity index is 2.03. The summed E-state index contributed by atoms with van der Waals surface area (Å²) < 4.78 is 8.51. The number of carbonyl (C=O) groups excluding carboxylic acids is 1. The van der Waals surface area contributed by atoms with Crippen LogP contribution in [0.3, 0.4) is 0 Å². The van der Waals surface area contributed by atoms with Crippen LogP contribution in [-0.4, -0.2) is 21.9 Å². The summed E-state index contributed by atoms with van der Waals surface area (Å²) in [6.45, 7) is 2.03. The van der Waals surface area contributed by atoms with Crippen LogP contribution in [0.15, 0.2) is 35.1 Å².